The second-order valence-corrected chi connectivity index (χ2v) is 6.87. The van der Waals surface area contributed by atoms with Crippen LogP contribution in [-0.2, 0) is 20.7 Å². The average Bonchev–Trinajstić information content (AvgIpc) is 2.68. The van der Waals surface area contributed by atoms with Crippen LogP contribution in [0, 0.1) is 5.92 Å². The van der Waals surface area contributed by atoms with Crippen LogP contribution in [0.25, 0.3) is 0 Å². The molecule has 0 aromatic heterocycles. The summed E-state index contributed by atoms with van der Waals surface area (Å²) in [4.78, 5) is 14.8. The number of hydrogen-bond acceptors (Lipinski definition) is 5. The van der Waals surface area contributed by atoms with E-state index < -0.39 is 6.04 Å². The molecule has 138 valence electrons. The third kappa shape index (κ3) is 5.51. The summed E-state index contributed by atoms with van der Waals surface area (Å²) in [6, 6.07) is 7.61. The van der Waals surface area contributed by atoms with Crippen LogP contribution in [0.2, 0.25) is 0 Å². The summed E-state index contributed by atoms with van der Waals surface area (Å²) in [6.45, 7) is 6.13. The highest BCUT2D eigenvalue weighted by molar-refractivity contribution is 5.94. The van der Waals surface area contributed by atoms with Crippen LogP contribution in [0.5, 0.6) is 0 Å². The van der Waals surface area contributed by atoms with Crippen molar-refractivity contribution in [3.63, 3.8) is 0 Å². The van der Waals surface area contributed by atoms with Gasteiger partial charge in [0.05, 0.1) is 19.3 Å². The summed E-state index contributed by atoms with van der Waals surface area (Å²) in [5, 5.41) is 2.94. The Hall–Kier alpha value is -1.47. The normalized spacial score (nSPS) is 21.0. The van der Waals surface area contributed by atoms with Gasteiger partial charge in [-0.05, 0) is 42.9 Å². The monoisotopic (exact) mass is 347 g/mol. The van der Waals surface area contributed by atoms with Crippen LogP contribution in [0.3, 0.4) is 0 Å². The zero-order chi connectivity index (χ0) is 17.5. The quantitative estimate of drug-likeness (QED) is 0.810. The molecule has 1 aromatic rings. The fourth-order valence-electron chi connectivity index (χ4n) is 3.38. The van der Waals surface area contributed by atoms with Crippen molar-refractivity contribution in [3.8, 4) is 0 Å². The number of carbonyl (C=O) groups excluding carboxylic acids is 1. The first-order valence-electron chi connectivity index (χ1n) is 9.25. The molecule has 2 fully saturated rings. The molecule has 2 heterocycles. The Morgan fingerprint density at radius 2 is 1.76 bits per heavy atom. The van der Waals surface area contributed by atoms with E-state index in [-0.39, 0.29) is 11.8 Å². The number of nitrogens with zero attached hydrogens (tertiary/aromatic N) is 1. The summed E-state index contributed by atoms with van der Waals surface area (Å²) < 4.78 is 10.7. The Morgan fingerprint density at radius 3 is 2.44 bits per heavy atom. The maximum Gasteiger partial charge on any atom is 0.241 e. The number of hydrogen-bond donors (Lipinski definition) is 2. The predicted octanol–water partition coefficient (Wildman–Crippen LogP) is 1.25. The first-order valence-corrected chi connectivity index (χ1v) is 9.25. The van der Waals surface area contributed by atoms with Crippen LogP contribution >= 0.6 is 0 Å². The van der Waals surface area contributed by atoms with Gasteiger partial charge in [0.15, 0.2) is 0 Å². The van der Waals surface area contributed by atoms with E-state index >= 15 is 0 Å². The second kappa shape index (κ2) is 9.29. The van der Waals surface area contributed by atoms with Crippen LogP contribution in [0.15, 0.2) is 24.3 Å². The lowest BCUT2D eigenvalue weighted by molar-refractivity contribution is -0.119. The number of rotatable bonds is 6. The maximum atomic E-state index is 12.3. The average molecular weight is 347 g/mol. The third-order valence-corrected chi connectivity index (χ3v) is 5.12. The molecule has 1 amide bonds. The standard InChI is InChI=1S/C19H29N3O3/c20-18(16-6-11-24-12-7-16)19(23)21-17-3-1-15(2-4-17)5-8-22-9-13-25-14-10-22/h1-4,16,18H,5-14,20H2,(H,21,23). The van der Waals surface area contributed by atoms with Gasteiger partial charge < -0.3 is 20.5 Å². The molecular formula is C19H29N3O3. The van der Waals surface area contributed by atoms with Gasteiger partial charge in [-0.15, -0.1) is 0 Å². The fraction of sp³-hybridized carbons (Fsp3) is 0.632. The maximum absolute atomic E-state index is 12.3. The van der Waals surface area contributed by atoms with Crippen molar-refractivity contribution in [2.75, 3.05) is 51.4 Å². The van der Waals surface area contributed by atoms with E-state index in [1.54, 1.807) is 0 Å². The molecule has 6 nitrogen and oxygen atoms in total. The number of amides is 1. The molecule has 2 aliphatic rings. The van der Waals surface area contributed by atoms with Gasteiger partial charge in [-0.1, -0.05) is 12.1 Å². The van der Waals surface area contributed by atoms with Crippen molar-refractivity contribution < 1.29 is 14.3 Å². The highest BCUT2D eigenvalue weighted by Gasteiger charge is 2.26. The van der Waals surface area contributed by atoms with Crippen molar-refractivity contribution in [1.82, 2.24) is 4.90 Å². The highest BCUT2D eigenvalue weighted by atomic mass is 16.5. The van der Waals surface area contributed by atoms with Gasteiger partial charge in [-0.3, -0.25) is 9.69 Å². The first kappa shape index (κ1) is 18.3. The molecule has 3 rings (SSSR count). The summed E-state index contributed by atoms with van der Waals surface area (Å²) >= 11 is 0. The minimum Gasteiger partial charge on any atom is -0.381 e. The van der Waals surface area contributed by atoms with Gasteiger partial charge in [-0.2, -0.15) is 0 Å². The van der Waals surface area contributed by atoms with Crippen molar-refractivity contribution in [1.29, 1.82) is 0 Å². The molecule has 0 bridgehead atoms. The minimum absolute atomic E-state index is 0.104. The van der Waals surface area contributed by atoms with E-state index in [1.165, 1.54) is 5.56 Å². The zero-order valence-corrected chi connectivity index (χ0v) is 14.8. The molecule has 1 unspecified atom stereocenters. The van der Waals surface area contributed by atoms with Crippen molar-refractivity contribution in [3.05, 3.63) is 29.8 Å². The van der Waals surface area contributed by atoms with E-state index in [2.05, 4.69) is 22.3 Å². The van der Waals surface area contributed by atoms with Gasteiger partial charge in [0.1, 0.15) is 0 Å². The summed E-state index contributed by atoms with van der Waals surface area (Å²) in [7, 11) is 0. The Labute approximate surface area is 149 Å². The SMILES string of the molecule is NC(C(=O)Nc1ccc(CCN2CCOCC2)cc1)C1CCOCC1. The molecule has 6 heteroatoms. The number of nitrogens with one attached hydrogen (secondary N) is 1. The summed E-state index contributed by atoms with van der Waals surface area (Å²) in [5.41, 5.74) is 8.20. The predicted molar refractivity (Wildman–Crippen MR) is 97.6 cm³/mol. The van der Waals surface area contributed by atoms with Gasteiger partial charge in [0.25, 0.3) is 0 Å². The number of ether oxygens (including phenoxy) is 2. The number of morpholine rings is 1. The van der Waals surface area contributed by atoms with Gasteiger partial charge in [0, 0.05) is 38.5 Å². The molecule has 1 atom stereocenters. The lowest BCUT2D eigenvalue weighted by atomic mass is 9.92. The van der Waals surface area contributed by atoms with Crippen molar-refractivity contribution in [2.45, 2.75) is 25.3 Å². The van der Waals surface area contributed by atoms with Crippen LogP contribution in [-0.4, -0.2) is 62.9 Å². The van der Waals surface area contributed by atoms with E-state index in [1.807, 2.05) is 12.1 Å². The van der Waals surface area contributed by atoms with Gasteiger partial charge in [-0.25, -0.2) is 0 Å². The number of nitrogens with two attached hydrogens (primary N) is 1. The van der Waals surface area contributed by atoms with Crippen molar-refractivity contribution >= 4 is 11.6 Å². The molecule has 0 saturated carbocycles. The topological polar surface area (TPSA) is 76.8 Å². The Morgan fingerprint density at radius 1 is 1.12 bits per heavy atom. The summed E-state index contributed by atoms with van der Waals surface area (Å²) in [5.74, 6) is 0.106. The Balaban J connectivity index is 1.45. The lowest BCUT2D eigenvalue weighted by Gasteiger charge is -2.27. The Kier molecular flexibility index (Phi) is 6.81. The molecule has 3 N–H and O–H groups in total. The molecule has 0 spiro atoms. The van der Waals surface area contributed by atoms with E-state index in [4.69, 9.17) is 15.2 Å². The van der Waals surface area contributed by atoms with Crippen LogP contribution < -0.4 is 11.1 Å². The highest BCUT2D eigenvalue weighted by Crippen LogP contribution is 2.19. The molecule has 1 aromatic carbocycles. The van der Waals surface area contributed by atoms with Crippen LogP contribution in [0.4, 0.5) is 5.69 Å². The molecule has 0 radical (unpaired) electrons. The lowest BCUT2D eigenvalue weighted by Crippen LogP contribution is -2.44. The fourth-order valence-corrected chi connectivity index (χ4v) is 3.38. The van der Waals surface area contributed by atoms with E-state index in [0.29, 0.717) is 13.2 Å². The smallest absolute Gasteiger partial charge is 0.241 e. The molecule has 2 aliphatic heterocycles. The largest absolute Gasteiger partial charge is 0.381 e. The zero-order valence-electron chi connectivity index (χ0n) is 14.8. The molecule has 0 aliphatic carbocycles. The van der Waals surface area contributed by atoms with Crippen molar-refractivity contribution in [2.24, 2.45) is 11.7 Å². The third-order valence-electron chi connectivity index (χ3n) is 5.12. The second-order valence-electron chi connectivity index (χ2n) is 6.87. The number of anilines is 1. The Bertz CT molecular complexity index is 537. The number of benzene rings is 1. The molecule has 2 saturated heterocycles. The van der Waals surface area contributed by atoms with E-state index in [0.717, 1.165) is 57.8 Å². The van der Waals surface area contributed by atoms with Gasteiger partial charge in [0.2, 0.25) is 5.91 Å². The molecule has 25 heavy (non-hydrogen) atoms. The number of carbonyl (C=O) groups is 1. The first-order chi connectivity index (χ1) is 12.2. The van der Waals surface area contributed by atoms with Gasteiger partial charge >= 0.3 is 0 Å². The molecular weight excluding hydrogens is 318 g/mol. The van der Waals surface area contributed by atoms with Crippen LogP contribution in [0.1, 0.15) is 18.4 Å². The minimum atomic E-state index is -0.468. The van der Waals surface area contributed by atoms with E-state index in [9.17, 15) is 4.79 Å². The summed E-state index contributed by atoms with van der Waals surface area (Å²) in [6.07, 6.45) is 2.72.